The first-order valence-corrected chi connectivity index (χ1v) is 9.84. The largest absolute Gasteiger partial charge is 0.350 e. The van der Waals surface area contributed by atoms with E-state index in [-0.39, 0.29) is 17.4 Å². The number of rotatable bonds is 7. The number of nitrogens with one attached hydrogen (secondary N) is 1. The van der Waals surface area contributed by atoms with E-state index < -0.39 is 0 Å². The molecule has 150 valence electrons. The topological polar surface area (TPSA) is 55.9 Å². The molecule has 0 aromatic heterocycles. The average molecular weight is 375 g/mol. The highest BCUT2D eigenvalue weighted by Crippen LogP contribution is 2.07. The lowest BCUT2D eigenvalue weighted by Crippen LogP contribution is -2.54. The van der Waals surface area contributed by atoms with Crippen LogP contribution < -0.4 is 5.32 Å². The summed E-state index contributed by atoms with van der Waals surface area (Å²) >= 11 is 0. The molecular weight excluding hydrogens is 340 g/mol. The minimum absolute atomic E-state index is 0.0438. The first-order chi connectivity index (χ1) is 12.8. The van der Waals surface area contributed by atoms with E-state index in [9.17, 15) is 9.59 Å². The van der Waals surface area contributed by atoms with Crippen molar-refractivity contribution in [2.45, 2.75) is 39.8 Å². The third-order valence-electron chi connectivity index (χ3n) is 4.66. The normalized spacial score (nSPS) is 15.8. The van der Waals surface area contributed by atoms with Crippen LogP contribution in [0.2, 0.25) is 0 Å². The molecular formula is C21H34N4O2. The molecule has 2 amide bonds. The molecule has 0 aliphatic carbocycles. The van der Waals surface area contributed by atoms with Crippen LogP contribution in [-0.4, -0.2) is 77.9 Å². The second kappa shape index (κ2) is 9.85. The van der Waals surface area contributed by atoms with Gasteiger partial charge in [-0.1, -0.05) is 37.3 Å². The van der Waals surface area contributed by atoms with E-state index in [1.807, 2.05) is 43.9 Å². The fourth-order valence-corrected chi connectivity index (χ4v) is 3.23. The molecule has 6 nitrogen and oxygen atoms in total. The number of benzene rings is 1. The van der Waals surface area contributed by atoms with Crippen LogP contribution in [0.5, 0.6) is 0 Å². The predicted molar refractivity (Wildman–Crippen MR) is 108 cm³/mol. The van der Waals surface area contributed by atoms with Gasteiger partial charge in [0.15, 0.2) is 0 Å². The number of carbonyl (C=O) groups excluding carboxylic acids is 2. The molecule has 1 fully saturated rings. The Morgan fingerprint density at radius 1 is 1.07 bits per heavy atom. The van der Waals surface area contributed by atoms with Crippen LogP contribution in [0.15, 0.2) is 30.3 Å². The minimum atomic E-state index is -0.211. The summed E-state index contributed by atoms with van der Waals surface area (Å²) in [7, 11) is 0. The summed E-state index contributed by atoms with van der Waals surface area (Å²) in [5, 5.41) is 2.99. The van der Waals surface area contributed by atoms with Crippen molar-refractivity contribution in [3.63, 3.8) is 0 Å². The summed E-state index contributed by atoms with van der Waals surface area (Å²) in [6, 6.07) is 10.2. The second-order valence-corrected chi connectivity index (χ2v) is 8.24. The zero-order valence-corrected chi connectivity index (χ0v) is 17.2. The van der Waals surface area contributed by atoms with Gasteiger partial charge in [-0.15, -0.1) is 0 Å². The van der Waals surface area contributed by atoms with E-state index in [1.54, 1.807) is 0 Å². The van der Waals surface area contributed by atoms with Crippen molar-refractivity contribution in [3.8, 4) is 0 Å². The maximum absolute atomic E-state index is 12.7. The number of carbonyl (C=O) groups is 2. The van der Waals surface area contributed by atoms with Crippen LogP contribution in [0, 0.1) is 0 Å². The Bertz CT molecular complexity index is 604. The van der Waals surface area contributed by atoms with Crippen molar-refractivity contribution in [1.29, 1.82) is 0 Å². The van der Waals surface area contributed by atoms with Gasteiger partial charge in [-0.2, -0.15) is 0 Å². The van der Waals surface area contributed by atoms with Gasteiger partial charge in [0.2, 0.25) is 11.8 Å². The van der Waals surface area contributed by atoms with E-state index in [0.29, 0.717) is 26.2 Å². The summed E-state index contributed by atoms with van der Waals surface area (Å²) in [5.41, 5.74) is 1.01. The Kier molecular flexibility index (Phi) is 7.80. The van der Waals surface area contributed by atoms with E-state index >= 15 is 0 Å². The lowest BCUT2D eigenvalue weighted by molar-refractivity contribution is -0.134. The highest BCUT2D eigenvalue weighted by Gasteiger charge is 2.24. The van der Waals surface area contributed by atoms with Crippen molar-refractivity contribution in [2.75, 3.05) is 45.8 Å². The SMILES string of the molecule is CCN(CC(=O)N1CCN(CC(=O)NC(C)(C)C)CC1)Cc1ccccc1. The van der Waals surface area contributed by atoms with E-state index in [0.717, 1.165) is 26.2 Å². The number of amides is 2. The van der Waals surface area contributed by atoms with Gasteiger partial charge in [-0.3, -0.25) is 19.4 Å². The van der Waals surface area contributed by atoms with Crippen LogP contribution in [0.4, 0.5) is 0 Å². The standard InChI is InChI=1S/C21H34N4O2/c1-5-23(15-18-9-7-6-8-10-18)17-20(27)25-13-11-24(12-14-25)16-19(26)22-21(2,3)4/h6-10H,5,11-17H2,1-4H3,(H,22,26). The minimum Gasteiger partial charge on any atom is -0.350 e. The summed E-state index contributed by atoms with van der Waals surface area (Å²) in [5.74, 6) is 0.217. The molecule has 1 N–H and O–H groups in total. The molecule has 27 heavy (non-hydrogen) atoms. The fourth-order valence-electron chi connectivity index (χ4n) is 3.23. The first kappa shape index (κ1) is 21.4. The van der Waals surface area contributed by atoms with Gasteiger partial charge in [-0.25, -0.2) is 0 Å². The Morgan fingerprint density at radius 2 is 1.70 bits per heavy atom. The number of piperazine rings is 1. The third kappa shape index (κ3) is 7.69. The molecule has 2 rings (SSSR count). The zero-order chi connectivity index (χ0) is 19.9. The monoisotopic (exact) mass is 374 g/mol. The van der Waals surface area contributed by atoms with Crippen molar-refractivity contribution in [2.24, 2.45) is 0 Å². The summed E-state index contributed by atoms with van der Waals surface area (Å²) < 4.78 is 0. The van der Waals surface area contributed by atoms with Gasteiger partial charge in [0.05, 0.1) is 13.1 Å². The number of nitrogens with zero attached hydrogens (tertiary/aromatic N) is 3. The maximum atomic E-state index is 12.7. The Morgan fingerprint density at radius 3 is 2.26 bits per heavy atom. The quantitative estimate of drug-likeness (QED) is 0.787. The molecule has 0 bridgehead atoms. The molecule has 1 aliphatic heterocycles. The molecule has 0 saturated carbocycles. The molecule has 1 saturated heterocycles. The van der Waals surface area contributed by atoms with Gasteiger partial charge >= 0.3 is 0 Å². The highest BCUT2D eigenvalue weighted by molar-refractivity contribution is 5.79. The number of likely N-dealkylation sites (N-methyl/N-ethyl adjacent to an activating group) is 1. The van der Waals surface area contributed by atoms with Crippen LogP contribution >= 0.6 is 0 Å². The smallest absolute Gasteiger partial charge is 0.236 e. The van der Waals surface area contributed by atoms with Gasteiger partial charge in [0.1, 0.15) is 0 Å². The van der Waals surface area contributed by atoms with Crippen LogP contribution in [0.1, 0.15) is 33.3 Å². The molecule has 1 aliphatic rings. The van der Waals surface area contributed by atoms with Crippen molar-refractivity contribution < 1.29 is 9.59 Å². The molecule has 0 unspecified atom stereocenters. The average Bonchev–Trinajstić information content (AvgIpc) is 2.61. The highest BCUT2D eigenvalue weighted by atomic mass is 16.2. The van der Waals surface area contributed by atoms with Gasteiger partial charge in [-0.05, 0) is 32.9 Å². The van der Waals surface area contributed by atoms with Gasteiger partial charge in [0, 0.05) is 38.3 Å². The van der Waals surface area contributed by atoms with E-state index in [4.69, 9.17) is 0 Å². The van der Waals surface area contributed by atoms with Crippen molar-refractivity contribution >= 4 is 11.8 Å². The summed E-state index contributed by atoms with van der Waals surface area (Å²) in [6.07, 6.45) is 0. The zero-order valence-electron chi connectivity index (χ0n) is 17.2. The molecule has 0 atom stereocenters. The Balaban J connectivity index is 1.76. The third-order valence-corrected chi connectivity index (χ3v) is 4.66. The Labute approximate surface area is 163 Å². The molecule has 1 aromatic rings. The number of hydrogen-bond donors (Lipinski definition) is 1. The summed E-state index contributed by atoms with van der Waals surface area (Å²) in [6.45, 7) is 13.4. The second-order valence-electron chi connectivity index (χ2n) is 8.24. The van der Waals surface area contributed by atoms with E-state index in [1.165, 1.54) is 5.56 Å². The summed E-state index contributed by atoms with van der Waals surface area (Å²) in [4.78, 5) is 30.9. The molecule has 1 aromatic carbocycles. The lowest BCUT2D eigenvalue weighted by atomic mass is 10.1. The van der Waals surface area contributed by atoms with Gasteiger partial charge < -0.3 is 10.2 Å². The van der Waals surface area contributed by atoms with Crippen molar-refractivity contribution in [1.82, 2.24) is 20.0 Å². The molecule has 6 heteroatoms. The number of hydrogen-bond acceptors (Lipinski definition) is 4. The Hall–Kier alpha value is -1.92. The molecule has 1 heterocycles. The van der Waals surface area contributed by atoms with Gasteiger partial charge in [0.25, 0.3) is 0 Å². The van der Waals surface area contributed by atoms with E-state index in [2.05, 4.69) is 34.2 Å². The van der Waals surface area contributed by atoms with Crippen LogP contribution in [0.3, 0.4) is 0 Å². The molecule has 0 spiro atoms. The van der Waals surface area contributed by atoms with Crippen LogP contribution in [-0.2, 0) is 16.1 Å². The molecule has 0 radical (unpaired) electrons. The maximum Gasteiger partial charge on any atom is 0.236 e. The fraction of sp³-hybridized carbons (Fsp3) is 0.619. The lowest BCUT2D eigenvalue weighted by Gasteiger charge is -2.36. The van der Waals surface area contributed by atoms with Crippen LogP contribution in [0.25, 0.3) is 0 Å². The predicted octanol–water partition coefficient (Wildman–Crippen LogP) is 1.57. The first-order valence-electron chi connectivity index (χ1n) is 9.84. The van der Waals surface area contributed by atoms with Crippen molar-refractivity contribution in [3.05, 3.63) is 35.9 Å².